The molecule has 0 aliphatic heterocycles. The van der Waals surface area contributed by atoms with Crippen LogP contribution in [-0.4, -0.2) is 48.2 Å². The molecule has 27 rings (SSSR count). The summed E-state index contributed by atoms with van der Waals surface area (Å²) in [5.41, 5.74) is 19.5. The highest BCUT2D eigenvalue weighted by Crippen LogP contribution is 2.44. The van der Waals surface area contributed by atoms with Crippen molar-refractivity contribution >= 4 is 163 Å². The quantitative estimate of drug-likeness (QED) is 0.127. The molecule has 6 heterocycles. The third-order valence-electron chi connectivity index (χ3n) is 26.0. The second kappa shape index (κ2) is 29.2. The van der Waals surface area contributed by atoms with E-state index in [-0.39, 0.29) is 0 Å². The highest BCUT2D eigenvalue weighted by Gasteiger charge is 2.25. The topological polar surface area (TPSA) is 97.1 Å². The van der Waals surface area contributed by atoms with Gasteiger partial charge >= 0.3 is 0 Å². The van der Waals surface area contributed by atoms with Crippen molar-refractivity contribution in [2.45, 2.75) is 0 Å². The third-order valence-corrected chi connectivity index (χ3v) is 26.0. The van der Waals surface area contributed by atoms with Gasteiger partial charge in [-0.3, -0.25) is 9.13 Å². The number of nitrogens with zero attached hydrogens (tertiary/aromatic N) is 10. The number of aromatic nitrogens is 10. The zero-order valence-corrected chi connectivity index (χ0v) is 69.0. The molecule has 594 valence electrons. The molecule has 10 nitrogen and oxygen atoms in total. The molecule has 0 bridgehead atoms. The summed E-state index contributed by atoms with van der Waals surface area (Å²) in [5, 5.41) is 26.2. The van der Waals surface area contributed by atoms with Crippen LogP contribution in [0.4, 0.5) is 0 Å². The average Bonchev–Trinajstić information content (AvgIpc) is 1.58. The maximum atomic E-state index is 5.28. The molecule has 0 spiro atoms. The first-order chi connectivity index (χ1) is 63.4. The van der Waals surface area contributed by atoms with E-state index in [0.717, 1.165) is 121 Å². The zero-order chi connectivity index (χ0) is 84.0. The summed E-state index contributed by atoms with van der Waals surface area (Å²) in [4.78, 5) is 31.4. The standard InChI is InChI=1S/C61H37N5.C57H35N5/c1-3-14-41-33-46(25-21-38(41)11-1)59-62-60(47-26-22-39-12-2-4-15-42(39)34-47)64-61(63-59)66-56-20-10-8-18-52(56)54-37-44(28-32-58(54)66)43-27-31-57-53(36-43)51-17-7-9-19-55(51)65(57)48-29-30-50-45(35-48)24-23-40-13-5-6-16-49(40)50;1-4-14-39-31-44(23-21-36(39)11-1)55-58-56(45-24-22-37-12-2-5-15-40(37)32-45)60-57(59-55)62-52-20-10-8-18-48(52)50-35-43(27-30-54(50)62)42-26-29-53-49(34-42)47-17-7-9-19-51(47)61(53)46-28-25-38-13-3-6-16-41(38)33-46/h1-37H;1-35H. The van der Waals surface area contributed by atoms with Crippen molar-refractivity contribution in [2.24, 2.45) is 0 Å². The minimum absolute atomic E-state index is 0.575. The normalized spacial score (nSPS) is 11.9. The summed E-state index contributed by atoms with van der Waals surface area (Å²) in [6.45, 7) is 0. The molecule has 0 N–H and O–H groups in total. The second-order valence-corrected chi connectivity index (χ2v) is 33.4. The Balaban J connectivity index is 0.000000136. The Labute approximate surface area is 733 Å². The van der Waals surface area contributed by atoms with E-state index < -0.39 is 0 Å². The predicted molar refractivity (Wildman–Crippen MR) is 532 cm³/mol. The van der Waals surface area contributed by atoms with Gasteiger partial charge in [0.05, 0.1) is 44.1 Å². The number of hydrogen-bond donors (Lipinski definition) is 0. The number of para-hydroxylation sites is 4. The highest BCUT2D eigenvalue weighted by atomic mass is 15.2. The van der Waals surface area contributed by atoms with Crippen LogP contribution in [0.5, 0.6) is 0 Å². The minimum atomic E-state index is 0.575. The molecule has 0 atom stereocenters. The Hall–Kier alpha value is -17.3. The fourth-order valence-electron chi connectivity index (χ4n) is 19.8. The van der Waals surface area contributed by atoms with Crippen LogP contribution in [0.3, 0.4) is 0 Å². The lowest BCUT2D eigenvalue weighted by atomic mass is 10.0. The fourth-order valence-corrected chi connectivity index (χ4v) is 19.8. The lowest BCUT2D eigenvalue weighted by Gasteiger charge is -2.12. The van der Waals surface area contributed by atoms with Crippen LogP contribution in [0.2, 0.25) is 0 Å². The van der Waals surface area contributed by atoms with Gasteiger partial charge in [-0.2, -0.15) is 19.9 Å². The van der Waals surface area contributed by atoms with Gasteiger partial charge in [0.15, 0.2) is 23.3 Å². The van der Waals surface area contributed by atoms with Crippen molar-refractivity contribution < 1.29 is 0 Å². The summed E-state index contributed by atoms with van der Waals surface area (Å²) < 4.78 is 9.21. The SMILES string of the molecule is c1ccc2cc(-c3nc(-c4ccc5ccccc5c4)nc(-n4c5ccccc5c5cc(-c6ccc7c(c6)c6ccccc6n7-c6ccc7c(ccc8ccccc87)c6)ccc54)n3)ccc2c1.c1ccc2cc(-c3nc(-c4ccc5ccccc5c4)nc(-n4c5ccccc5c5cc(-c6ccc7c(c6)c6ccccc6n7-c6ccc7ccccc7c6)ccc54)n3)ccc2c1. The summed E-state index contributed by atoms with van der Waals surface area (Å²) in [6.07, 6.45) is 0. The van der Waals surface area contributed by atoms with E-state index in [4.69, 9.17) is 29.9 Å². The molecule has 0 amide bonds. The molecular weight excluding hydrogens is 1560 g/mol. The first-order valence-corrected chi connectivity index (χ1v) is 43.4. The molecular formula is C118H72N10. The molecule has 0 saturated carbocycles. The number of fused-ring (bicyclic) bond motifs is 20. The first-order valence-electron chi connectivity index (χ1n) is 43.4. The molecule has 0 saturated heterocycles. The van der Waals surface area contributed by atoms with Crippen LogP contribution >= 0.6 is 0 Å². The van der Waals surface area contributed by atoms with Crippen molar-refractivity contribution in [2.75, 3.05) is 0 Å². The largest absolute Gasteiger partial charge is 0.309 e. The van der Waals surface area contributed by atoms with Crippen molar-refractivity contribution in [3.8, 4) is 91.1 Å². The number of rotatable bonds is 10. The Morgan fingerprint density at radius 1 is 0.125 bits per heavy atom. The molecule has 0 fully saturated rings. The van der Waals surface area contributed by atoms with Gasteiger partial charge in [-0.15, -0.1) is 0 Å². The van der Waals surface area contributed by atoms with Crippen molar-refractivity contribution in [3.05, 3.63) is 437 Å². The van der Waals surface area contributed by atoms with Crippen molar-refractivity contribution in [1.29, 1.82) is 0 Å². The van der Waals surface area contributed by atoms with Gasteiger partial charge in [0.25, 0.3) is 0 Å². The second-order valence-electron chi connectivity index (χ2n) is 33.4. The summed E-state index contributed by atoms with van der Waals surface area (Å²) in [7, 11) is 0. The molecule has 0 radical (unpaired) electrons. The Morgan fingerprint density at radius 3 is 0.703 bits per heavy atom. The van der Waals surface area contributed by atoms with Crippen LogP contribution in [0.15, 0.2) is 437 Å². The van der Waals surface area contributed by atoms with Gasteiger partial charge in [-0.05, 0) is 219 Å². The Morgan fingerprint density at radius 2 is 0.352 bits per heavy atom. The van der Waals surface area contributed by atoms with Crippen LogP contribution in [0, 0.1) is 0 Å². The highest BCUT2D eigenvalue weighted by molar-refractivity contribution is 6.16. The molecule has 21 aromatic carbocycles. The van der Waals surface area contributed by atoms with Gasteiger partial charge in [0, 0.05) is 76.7 Å². The van der Waals surface area contributed by atoms with E-state index in [1.807, 2.05) is 0 Å². The average molecular weight is 1630 g/mol. The Bertz CT molecular complexity index is 9130. The van der Waals surface area contributed by atoms with Crippen LogP contribution < -0.4 is 0 Å². The van der Waals surface area contributed by atoms with Gasteiger partial charge in [-0.25, -0.2) is 9.97 Å². The third kappa shape index (κ3) is 12.0. The maximum Gasteiger partial charge on any atom is 0.238 e. The van der Waals surface area contributed by atoms with E-state index in [1.54, 1.807) is 0 Å². The van der Waals surface area contributed by atoms with Crippen LogP contribution in [0.1, 0.15) is 0 Å². The predicted octanol–water partition coefficient (Wildman–Crippen LogP) is 30.2. The van der Waals surface area contributed by atoms with Crippen LogP contribution in [0.25, 0.3) is 254 Å². The van der Waals surface area contributed by atoms with E-state index in [9.17, 15) is 0 Å². The molecule has 128 heavy (non-hydrogen) atoms. The van der Waals surface area contributed by atoms with Crippen molar-refractivity contribution in [1.82, 2.24) is 48.2 Å². The molecule has 0 unspecified atom stereocenters. The summed E-state index contributed by atoms with van der Waals surface area (Å²) in [5.74, 6) is 3.66. The lowest BCUT2D eigenvalue weighted by molar-refractivity contribution is 0.953. The van der Waals surface area contributed by atoms with E-state index in [1.165, 1.54) is 97.5 Å². The molecule has 0 aliphatic carbocycles. The van der Waals surface area contributed by atoms with E-state index >= 15 is 0 Å². The molecule has 27 aromatic rings. The smallest absolute Gasteiger partial charge is 0.238 e. The van der Waals surface area contributed by atoms with Gasteiger partial charge in [0.2, 0.25) is 11.9 Å². The molecule has 10 heteroatoms. The van der Waals surface area contributed by atoms with Gasteiger partial charge < -0.3 is 9.13 Å². The molecule has 0 aliphatic rings. The number of hydrogen-bond acceptors (Lipinski definition) is 6. The lowest BCUT2D eigenvalue weighted by Crippen LogP contribution is -2.06. The van der Waals surface area contributed by atoms with Gasteiger partial charge in [-0.1, -0.05) is 315 Å². The number of benzene rings is 21. The van der Waals surface area contributed by atoms with Crippen molar-refractivity contribution in [3.63, 3.8) is 0 Å². The Kier molecular flexibility index (Phi) is 16.5. The maximum absolute atomic E-state index is 5.28. The summed E-state index contributed by atoms with van der Waals surface area (Å²) >= 11 is 0. The van der Waals surface area contributed by atoms with Gasteiger partial charge in [0.1, 0.15) is 0 Å². The monoisotopic (exact) mass is 1630 g/mol. The summed E-state index contributed by atoms with van der Waals surface area (Å²) in [6, 6.07) is 157. The zero-order valence-electron chi connectivity index (χ0n) is 69.0. The molecule has 6 aromatic heterocycles. The first kappa shape index (κ1) is 72.3. The van der Waals surface area contributed by atoms with Crippen LogP contribution in [-0.2, 0) is 0 Å². The fraction of sp³-hybridized carbons (Fsp3) is 0. The van der Waals surface area contributed by atoms with E-state index in [2.05, 4.69) is 455 Å². The minimum Gasteiger partial charge on any atom is -0.309 e. The van der Waals surface area contributed by atoms with E-state index in [0.29, 0.717) is 35.2 Å².